The largest absolute Gasteiger partial charge is 0.497 e. The van der Waals surface area contributed by atoms with E-state index in [-0.39, 0.29) is 0 Å². The van der Waals surface area contributed by atoms with Crippen molar-refractivity contribution in [3.05, 3.63) is 35.1 Å². The van der Waals surface area contributed by atoms with Gasteiger partial charge in [0.2, 0.25) is 5.95 Å². The number of aryl methyl sites for hydroxylation is 1. The average molecular weight is 238 g/mol. The quantitative estimate of drug-likeness (QED) is 0.862. The van der Waals surface area contributed by atoms with E-state index in [9.17, 15) is 0 Å². The molecule has 0 aliphatic heterocycles. The van der Waals surface area contributed by atoms with E-state index in [1.54, 1.807) is 25.4 Å². The molecular formula is C11H12ClN3O. The molecule has 2 aromatic rings. The number of hydrogen-bond acceptors (Lipinski definition) is 3. The Kier molecular flexibility index (Phi) is 3.01. The Morgan fingerprint density at radius 1 is 1.44 bits per heavy atom. The number of aromatic nitrogens is 2. The highest BCUT2D eigenvalue weighted by Gasteiger charge is 2.04. The predicted molar refractivity (Wildman–Crippen MR) is 64.6 cm³/mol. The normalized spacial score (nSPS) is 10.2. The second-order valence-corrected chi connectivity index (χ2v) is 3.79. The van der Waals surface area contributed by atoms with Gasteiger partial charge in [-0.3, -0.25) is 0 Å². The molecule has 2 rings (SSSR count). The Morgan fingerprint density at radius 2 is 2.25 bits per heavy atom. The van der Waals surface area contributed by atoms with Gasteiger partial charge in [-0.05, 0) is 19.1 Å². The van der Waals surface area contributed by atoms with Gasteiger partial charge in [0.05, 0.1) is 17.8 Å². The number of halogens is 1. The molecule has 0 fully saturated rings. The number of aromatic amines is 1. The van der Waals surface area contributed by atoms with Gasteiger partial charge in [0.25, 0.3) is 0 Å². The van der Waals surface area contributed by atoms with Gasteiger partial charge in [-0.15, -0.1) is 0 Å². The van der Waals surface area contributed by atoms with E-state index in [4.69, 9.17) is 16.3 Å². The smallest absolute Gasteiger partial charge is 0.204 e. The lowest BCUT2D eigenvalue weighted by atomic mass is 10.3. The first-order valence-electron chi connectivity index (χ1n) is 4.81. The van der Waals surface area contributed by atoms with Crippen molar-refractivity contribution < 1.29 is 4.74 Å². The molecule has 0 radical (unpaired) electrons. The Labute approximate surface area is 98.6 Å². The van der Waals surface area contributed by atoms with E-state index in [0.29, 0.717) is 11.0 Å². The van der Waals surface area contributed by atoms with Crippen LogP contribution in [0.15, 0.2) is 24.4 Å². The number of H-pyrrole nitrogens is 1. The molecule has 4 nitrogen and oxygen atoms in total. The molecule has 0 unspecified atom stereocenters. The third-order valence-electron chi connectivity index (χ3n) is 2.13. The van der Waals surface area contributed by atoms with Crippen LogP contribution in [0.3, 0.4) is 0 Å². The molecule has 1 aromatic heterocycles. The highest BCUT2D eigenvalue weighted by Crippen LogP contribution is 2.28. The molecule has 2 N–H and O–H groups in total. The van der Waals surface area contributed by atoms with Crippen LogP contribution in [0.2, 0.25) is 5.02 Å². The van der Waals surface area contributed by atoms with Gasteiger partial charge >= 0.3 is 0 Å². The summed E-state index contributed by atoms with van der Waals surface area (Å²) in [5.41, 5.74) is 1.75. The number of imidazole rings is 1. The number of rotatable bonds is 3. The Bertz CT molecular complexity index is 496. The van der Waals surface area contributed by atoms with E-state index < -0.39 is 0 Å². The van der Waals surface area contributed by atoms with Crippen LogP contribution < -0.4 is 10.1 Å². The molecule has 0 bridgehead atoms. The zero-order chi connectivity index (χ0) is 11.5. The number of anilines is 2. The average Bonchev–Trinajstić information content (AvgIpc) is 2.67. The number of benzene rings is 1. The topological polar surface area (TPSA) is 49.9 Å². The number of methoxy groups -OCH3 is 1. The van der Waals surface area contributed by atoms with Gasteiger partial charge in [0.15, 0.2) is 0 Å². The van der Waals surface area contributed by atoms with Gasteiger partial charge in [-0.2, -0.15) is 0 Å². The molecule has 1 heterocycles. The van der Waals surface area contributed by atoms with Crippen LogP contribution in [0.1, 0.15) is 5.69 Å². The van der Waals surface area contributed by atoms with E-state index >= 15 is 0 Å². The summed E-state index contributed by atoms with van der Waals surface area (Å²) in [6.07, 6.45) is 1.75. The number of nitrogens with one attached hydrogen (secondary N) is 2. The van der Waals surface area contributed by atoms with Crippen molar-refractivity contribution in [3.63, 3.8) is 0 Å². The molecular weight excluding hydrogens is 226 g/mol. The monoisotopic (exact) mass is 237 g/mol. The molecule has 0 atom stereocenters. The summed E-state index contributed by atoms with van der Waals surface area (Å²) in [6.45, 7) is 1.94. The summed E-state index contributed by atoms with van der Waals surface area (Å²) in [6, 6.07) is 5.40. The minimum Gasteiger partial charge on any atom is -0.497 e. The summed E-state index contributed by atoms with van der Waals surface area (Å²) in [7, 11) is 1.62. The van der Waals surface area contributed by atoms with Crippen molar-refractivity contribution >= 4 is 23.2 Å². The molecule has 0 saturated heterocycles. The van der Waals surface area contributed by atoms with Crippen molar-refractivity contribution in [3.8, 4) is 5.75 Å². The Hall–Kier alpha value is -1.68. The van der Waals surface area contributed by atoms with E-state index in [0.717, 1.165) is 17.1 Å². The van der Waals surface area contributed by atoms with Crippen LogP contribution in [0, 0.1) is 6.92 Å². The van der Waals surface area contributed by atoms with E-state index in [2.05, 4.69) is 15.3 Å². The standard InChI is InChI=1S/C11H12ClN3O/c1-7-6-13-11(14-7)15-10-5-8(16-2)3-4-9(10)12/h3-6H,1-2H3,(H2,13,14,15). The first-order chi connectivity index (χ1) is 7.69. The minimum atomic E-state index is 0.620. The number of hydrogen-bond donors (Lipinski definition) is 2. The zero-order valence-electron chi connectivity index (χ0n) is 9.04. The third kappa shape index (κ3) is 2.28. The second-order valence-electron chi connectivity index (χ2n) is 3.39. The lowest BCUT2D eigenvalue weighted by Crippen LogP contribution is -1.94. The molecule has 5 heteroatoms. The van der Waals surface area contributed by atoms with Crippen LogP contribution in [-0.4, -0.2) is 17.1 Å². The van der Waals surface area contributed by atoms with Crippen molar-refractivity contribution in [1.82, 2.24) is 9.97 Å². The van der Waals surface area contributed by atoms with Crippen LogP contribution in [0.4, 0.5) is 11.6 Å². The van der Waals surface area contributed by atoms with Crippen molar-refractivity contribution in [2.75, 3.05) is 12.4 Å². The summed E-state index contributed by atoms with van der Waals surface area (Å²) < 4.78 is 5.12. The first kappa shape index (κ1) is 10.8. The molecule has 0 amide bonds. The van der Waals surface area contributed by atoms with E-state index in [1.165, 1.54) is 0 Å². The maximum Gasteiger partial charge on any atom is 0.204 e. The van der Waals surface area contributed by atoms with Gasteiger partial charge in [-0.25, -0.2) is 4.98 Å². The molecule has 0 aliphatic rings. The molecule has 0 saturated carbocycles. The number of ether oxygens (including phenoxy) is 1. The van der Waals surface area contributed by atoms with Crippen LogP contribution in [0.25, 0.3) is 0 Å². The lowest BCUT2D eigenvalue weighted by molar-refractivity contribution is 0.415. The Morgan fingerprint density at radius 3 is 2.88 bits per heavy atom. The minimum absolute atomic E-state index is 0.620. The van der Waals surface area contributed by atoms with Crippen molar-refractivity contribution in [2.24, 2.45) is 0 Å². The fourth-order valence-corrected chi connectivity index (χ4v) is 1.50. The second kappa shape index (κ2) is 4.45. The van der Waals surface area contributed by atoms with Crippen LogP contribution in [-0.2, 0) is 0 Å². The predicted octanol–water partition coefficient (Wildman–Crippen LogP) is 3.12. The van der Waals surface area contributed by atoms with Crippen LogP contribution >= 0.6 is 11.6 Å². The molecule has 0 aliphatic carbocycles. The van der Waals surface area contributed by atoms with Gasteiger partial charge in [0, 0.05) is 18.0 Å². The maximum absolute atomic E-state index is 6.05. The van der Waals surface area contributed by atoms with Crippen molar-refractivity contribution in [2.45, 2.75) is 6.92 Å². The molecule has 0 spiro atoms. The van der Waals surface area contributed by atoms with E-state index in [1.807, 2.05) is 13.0 Å². The van der Waals surface area contributed by atoms with Crippen LogP contribution in [0.5, 0.6) is 5.75 Å². The van der Waals surface area contributed by atoms with Gasteiger partial charge < -0.3 is 15.0 Å². The summed E-state index contributed by atoms with van der Waals surface area (Å²) >= 11 is 6.05. The molecule has 84 valence electrons. The zero-order valence-corrected chi connectivity index (χ0v) is 9.80. The lowest BCUT2D eigenvalue weighted by Gasteiger charge is -2.07. The fourth-order valence-electron chi connectivity index (χ4n) is 1.33. The highest BCUT2D eigenvalue weighted by atomic mass is 35.5. The van der Waals surface area contributed by atoms with Crippen molar-refractivity contribution in [1.29, 1.82) is 0 Å². The molecule has 1 aromatic carbocycles. The summed E-state index contributed by atoms with van der Waals surface area (Å²) in [5.74, 6) is 1.41. The van der Waals surface area contributed by atoms with Gasteiger partial charge in [0.1, 0.15) is 5.75 Å². The van der Waals surface area contributed by atoms with Gasteiger partial charge in [-0.1, -0.05) is 11.6 Å². The third-order valence-corrected chi connectivity index (χ3v) is 2.46. The summed E-state index contributed by atoms with van der Waals surface area (Å²) in [4.78, 5) is 7.21. The summed E-state index contributed by atoms with van der Waals surface area (Å²) in [5, 5.41) is 3.71. The fraction of sp³-hybridized carbons (Fsp3) is 0.182. The molecule has 16 heavy (non-hydrogen) atoms. The maximum atomic E-state index is 6.05. The highest BCUT2D eigenvalue weighted by molar-refractivity contribution is 6.33. The Balaban J connectivity index is 2.26. The first-order valence-corrected chi connectivity index (χ1v) is 5.19. The SMILES string of the molecule is COc1ccc(Cl)c(Nc2ncc(C)[nH]2)c1. The number of nitrogens with zero attached hydrogens (tertiary/aromatic N) is 1.